The molecule has 0 saturated carbocycles. The molecule has 0 aliphatic carbocycles. The zero-order valence-electron chi connectivity index (χ0n) is 13.1. The maximum absolute atomic E-state index is 11.5. The van der Waals surface area contributed by atoms with Crippen LogP contribution in [-0.4, -0.2) is 84.5 Å². The van der Waals surface area contributed by atoms with Gasteiger partial charge in [-0.25, -0.2) is 9.97 Å². The highest BCUT2D eigenvalue weighted by atomic mass is 16.6. The van der Waals surface area contributed by atoms with Gasteiger partial charge in [-0.2, -0.15) is 0 Å². The molecule has 23 heavy (non-hydrogen) atoms. The molecule has 1 saturated heterocycles. The number of aromatic nitrogens is 2. The Morgan fingerprint density at radius 3 is 2.74 bits per heavy atom. The fourth-order valence-corrected chi connectivity index (χ4v) is 2.49. The molecule has 0 unspecified atom stereocenters. The molecule has 10 heteroatoms. The molecule has 128 valence electrons. The molecule has 0 bridgehead atoms. The van der Waals surface area contributed by atoms with Crippen LogP contribution in [0.2, 0.25) is 0 Å². The highest BCUT2D eigenvalue weighted by Crippen LogP contribution is 2.32. The Bertz CT molecular complexity index is 521. The summed E-state index contributed by atoms with van der Waals surface area (Å²) < 4.78 is 4.93. The van der Waals surface area contributed by atoms with Crippen molar-refractivity contribution in [2.75, 3.05) is 69.8 Å². The van der Waals surface area contributed by atoms with Crippen LogP contribution in [0.4, 0.5) is 17.3 Å². The Morgan fingerprint density at radius 2 is 2.13 bits per heavy atom. The van der Waals surface area contributed by atoms with Crippen molar-refractivity contribution in [3.05, 3.63) is 16.4 Å². The molecule has 2 rings (SSSR count). The SMILES string of the molecule is COCCNc1ncnc(N2CCN(CCO)CC2)c1[N+](=O)[O-]. The largest absolute Gasteiger partial charge is 0.395 e. The number of nitrogens with zero attached hydrogens (tertiary/aromatic N) is 5. The second kappa shape index (κ2) is 8.56. The van der Waals surface area contributed by atoms with Crippen LogP contribution in [0.5, 0.6) is 0 Å². The van der Waals surface area contributed by atoms with Crippen LogP contribution in [0, 0.1) is 10.1 Å². The second-order valence-electron chi connectivity index (χ2n) is 5.12. The number of ether oxygens (including phenoxy) is 1. The summed E-state index contributed by atoms with van der Waals surface area (Å²) in [6, 6.07) is 0. The Labute approximate surface area is 134 Å². The second-order valence-corrected chi connectivity index (χ2v) is 5.12. The average molecular weight is 326 g/mol. The zero-order valence-corrected chi connectivity index (χ0v) is 13.1. The van der Waals surface area contributed by atoms with Gasteiger partial charge in [-0.05, 0) is 0 Å². The molecule has 0 aromatic carbocycles. The molecule has 1 aliphatic heterocycles. The molecule has 1 aliphatic rings. The lowest BCUT2D eigenvalue weighted by atomic mass is 10.3. The van der Waals surface area contributed by atoms with Crippen LogP contribution in [-0.2, 0) is 4.74 Å². The van der Waals surface area contributed by atoms with E-state index in [1.165, 1.54) is 6.33 Å². The first-order valence-electron chi connectivity index (χ1n) is 7.47. The third kappa shape index (κ3) is 4.47. The van der Waals surface area contributed by atoms with E-state index in [2.05, 4.69) is 20.2 Å². The van der Waals surface area contributed by atoms with E-state index in [0.717, 1.165) is 13.1 Å². The molecule has 0 spiro atoms. The van der Waals surface area contributed by atoms with Gasteiger partial charge in [0.25, 0.3) is 0 Å². The van der Waals surface area contributed by atoms with Gasteiger partial charge >= 0.3 is 5.69 Å². The van der Waals surface area contributed by atoms with Crippen molar-refractivity contribution in [3.63, 3.8) is 0 Å². The Hall–Kier alpha value is -2.04. The van der Waals surface area contributed by atoms with Crippen molar-refractivity contribution in [3.8, 4) is 0 Å². The summed E-state index contributed by atoms with van der Waals surface area (Å²) >= 11 is 0. The number of aliphatic hydroxyl groups is 1. The predicted octanol–water partition coefficient (Wildman–Crippen LogP) is -0.443. The summed E-state index contributed by atoms with van der Waals surface area (Å²) in [5.41, 5.74) is -0.112. The summed E-state index contributed by atoms with van der Waals surface area (Å²) in [6.45, 7) is 4.28. The van der Waals surface area contributed by atoms with Gasteiger partial charge in [0.05, 0.1) is 18.1 Å². The molecule has 0 atom stereocenters. The van der Waals surface area contributed by atoms with Gasteiger partial charge in [0.2, 0.25) is 11.6 Å². The number of hydrogen-bond acceptors (Lipinski definition) is 9. The summed E-state index contributed by atoms with van der Waals surface area (Å²) in [4.78, 5) is 23.1. The number of nitro groups is 1. The summed E-state index contributed by atoms with van der Waals surface area (Å²) in [5.74, 6) is 0.531. The third-order valence-electron chi connectivity index (χ3n) is 3.67. The molecule has 1 aromatic rings. The third-order valence-corrected chi connectivity index (χ3v) is 3.67. The lowest BCUT2D eigenvalue weighted by Crippen LogP contribution is -2.47. The monoisotopic (exact) mass is 326 g/mol. The van der Waals surface area contributed by atoms with Crippen molar-refractivity contribution >= 4 is 17.3 Å². The smallest absolute Gasteiger partial charge is 0.353 e. The van der Waals surface area contributed by atoms with E-state index in [1.807, 2.05) is 4.90 Å². The van der Waals surface area contributed by atoms with Crippen molar-refractivity contribution in [2.24, 2.45) is 0 Å². The minimum absolute atomic E-state index is 0.112. The van der Waals surface area contributed by atoms with E-state index in [9.17, 15) is 10.1 Å². The molecule has 2 heterocycles. The van der Waals surface area contributed by atoms with Crippen LogP contribution in [0.1, 0.15) is 0 Å². The van der Waals surface area contributed by atoms with Crippen LogP contribution in [0.3, 0.4) is 0 Å². The quantitative estimate of drug-likeness (QED) is 0.372. The van der Waals surface area contributed by atoms with Crippen LogP contribution in [0.25, 0.3) is 0 Å². The number of aliphatic hydroxyl groups excluding tert-OH is 1. The summed E-state index contributed by atoms with van der Waals surface area (Å²) in [7, 11) is 1.56. The highest BCUT2D eigenvalue weighted by Gasteiger charge is 2.28. The summed E-state index contributed by atoms with van der Waals surface area (Å²) in [6.07, 6.45) is 1.33. The van der Waals surface area contributed by atoms with Crippen molar-refractivity contribution in [1.82, 2.24) is 14.9 Å². The molecule has 0 amide bonds. The minimum atomic E-state index is -0.454. The van der Waals surface area contributed by atoms with E-state index in [-0.39, 0.29) is 18.1 Å². The molecule has 1 aromatic heterocycles. The van der Waals surface area contributed by atoms with Gasteiger partial charge in [-0.1, -0.05) is 0 Å². The molecule has 1 fully saturated rings. The van der Waals surface area contributed by atoms with Gasteiger partial charge in [0.15, 0.2) is 0 Å². The van der Waals surface area contributed by atoms with Gasteiger partial charge in [0.1, 0.15) is 6.33 Å². The average Bonchev–Trinajstić information content (AvgIpc) is 2.56. The first-order chi connectivity index (χ1) is 11.2. The van der Waals surface area contributed by atoms with Crippen molar-refractivity contribution in [2.45, 2.75) is 0 Å². The number of β-amino-alcohol motifs (C(OH)–C–C–N with tert-alkyl or cyclic N) is 1. The fraction of sp³-hybridized carbons (Fsp3) is 0.692. The fourth-order valence-electron chi connectivity index (χ4n) is 2.49. The van der Waals surface area contributed by atoms with E-state index >= 15 is 0 Å². The van der Waals surface area contributed by atoms with Crippen LogP contribution in [0.15, 0.2) is 6.33 Å². The van der Waals surface area contributed by atoms with E-state index in [4.69, 9.17) is 9.84 Å². The number of hydrogen-bond donors (Lipinski definition) is 2. The number of rotatable bonds is 8. The summed E-state index contributed by atoms with van der Waals surface area (Å²) in [5, 5.41) is 23.4. The number of methoxy groups -OCH3 is 1. The maximum Gasteiger partial charge on any atom is 0.353 e. The van der Waals surface area contributed by atoms with E-state index in [0.29, 0.717) is 38.6 Å². The zero-order chi connectivity index (χ0) is 16.7. The maximum atomic E-state index is 11.5. The molecule has 2 N–H and O–H groups in total. The van der Waals surface area contributed by atoms with Crippen molar-refractivity contribution < 1.29 is 14.8 Å². The van der Waals surface area contributed by atoms with Gasteiger partial charge in [-0.3, -0.25) is 15.0 Å². The van der Waals surface area contributed by atoms with E-state index in [1.54, 1.807) is 7.11 Å². The normalized spacial score (nSPS) is 15.7. The topological polar surface area (TPSA) is 117 Å². The first-order valence-corrected chi connectivity index (χ1v) is 7.47. The molecule has 10 nitrogen and oxygen atoms in total. The molecular weight excluding hydrogens is 304 g/mol. The van der Waals surface area contributed by atoms with Crippen molar-refractivity contribution in [1.29, 1.82) is 0 Å². The standard InChI is InChI=1S/C13H22N6O4/c1-23-9-2-14-12-11(19(21)22)13(16-10-15-12)18-5-3-17(4-6-18)7-8-20/h10,20H,2-9H2,1H3,(H,14,15,16). The van der Waals surface area contributed by atoms with Gasteiger partial charge in [-0.15, -0.1) is 0 Å². The Kier molecular flexibility index (Phi) is 6.44. The Morgan fingerprint density at radius 1 is 1.39 bits per heavy atom. The lowest BCUT2D eigenvalue weighted by molar-refractivity contribution is -0.383. The Balaban J connectivity index is 2.15. The van der Waals surface area contributed by atoms with Gasteiger partial charge < -0.3 is 20.1 Å². The first kappa shape index (κ1) is 17.3. The highest BCUT2D eigenvalue weighted by molar-refractivity contribution is 5.70. The van der Waals surface area contributed by atoms with Crippen LogP contribution >= 0.6 is 0 Å². The van der Waals surface area contributed by atoms with Crippen LogP contribution < -0.4 is 10.2 Å². The number of anilines is 2. The minimum Gasteiger partial charge on any atom is -0.395 e. The van der Waals surface area contributed by atoms with E-state index < -0.39 is 4.92 Å². The molecular formula is C13H22N6O4. The molecule has 0 radical (unpaired) electrons. The predicted molar refractivity (Wildman–Crippen MR) is 84.8 cm³/mol. The number of nitrogens with one attached hydrogen (secondary N) is 1. The number of piperazine rings is 1. The lowest BCUT2D eigenvalue weighted by Gasteiger charge is -2.34. The van der Waals surface area contributed by atoms with Gasteiger partial charge in [0, 0.05) is 46.4 Å².